The van der Waals surface area contributed by atoms with E-state index in [1.165, 1.54) is 6.20 Å². The predicted molar refractivity (Wildman–Crippen MR) is 119 cm³/mol. The van der Waals surface area contributed by atoms with Gasteiger partial charge in [0.05, 0.1) is 16.6 Å². The van der Waals surface area contributed by atoms with E-state index in [1.54, 1.807) is 6.07 Å². The van der Waals surface area contributed by atoms with Crippen LogP contribution < -0.4 is 10.6 Å². The summed E-state index contributed by atoms with van der Waals surface area (Å²) < 4.78 is 14.5. The number of nitrogens with one attached hydrogen (secondary N) is 3. The lowest BCUT2D eigenvalue weighted by molar-refractivity contribution is 0.199. The number of carbonyl (C=O) groups is 1. The molecule has 0 bridgehead atoms. The van der Waals surface area contributed by atoms with Crippen LogP contribution in [-0.4, -0.2) is 61.3 Å². The monoisotopic (exact) mass is 458 g/mol. The lowest BCUT2D eigenvalue weighted by Crippen LogP contribution is -2.47. The second-order valence-electron chi connectivity index (χ2n) is 8.36. The van der Waals surface area contributed by atoms with Gasteiger partial charge >= 0.3 is 6.03 Å². The van der Waals surface area contributed by atoms with Crippen LogP contribution in [0.4, 0.5) is 15.0 Å². The zero-order valence-corrected chi connectivity index (χ0v) is 18.2. The van der Waals surface area contributed by atoms with Crippen molar-refractivity contribution in [2.24, 2.45) is 0 Å². The second-order valence-corrected chi connectivity index (χ2v) is 8.80. The van der Waals surface area contributed by atoms with Gasteiger partial charge in [-0.15, -0.1) is 0 Å². The number of likely N-dealkylation sites (tertiary alicyclic amines) is 1. The molecule has 3 aromatic rings. The van der Waals surface area contributed by atoms with E-state index >= 15 is 0 Å². The first kappa shape index (κ1) is 20.9. The van der Waals surface area contributed by atoms with E-state index in [9.17, 15) is 9.18 Å². The van der Waals surface area contributed by atoms with Gasteiger partial charge in [-0.05, 0) is 44.6 Å². The summed E-state index contributed by atoms with van der Waals surface area (Å²) in [5.41, 5.74) is 1.01. The van der Waals surface area contributed by atoms with E-state index in [0.29, 0.717) is 34.0 Å². The molecule has 2 atom stereocenters. The number of amides is 2. The molecule has 0 unspecified atom stereocenters. The number of hydrogen-bond donors (Lipinski definition) is 3. The molecular formula is C21H24ClFN8O. The third-order valence-electron chi connectivity index (χ3n) is 6.08. The molecule has 11 heteroatoms. The Balaban J connectivity index is 1.30. The van der Waals surface area contributed by atoms with Gasteiger partial charge in [-0.3, -0.25) is 5.10 Å². The number of nitrogens with zero attached hydrogens (tertiary/aromatic N) is 5. The topological polar surface area (TPSA) is 112 Å². The van der Waals surface area contributed by atoms with Crippen LogP contribution in [0.15, 0.2) is 18.5 Å². The summed E-state index contributed by atoms with van der Waals surface area (Å²) in [5.74, 6) is -0.101. The van der Waals surface area contributed by atoms with Crippen molar-refractivity contribution in [3.63, 3.8) is 0 Å². The average molecular weight is 459 g/mol. The summed E-state index contributed by atoms with van der Waals surface area (Å²) in [6.07, 6.45) is 8.23. The molecule has 5 rings (SSSR count). The summed E-state index contributed by atoms with van der Waals surface area (Å²) in [6, 6.07) is 1.78. The maximum Gasteiger partial charge on any atom is 0.317 e. The fourth-order valence-corrected chi connectivity index (χ4v) is 4.62. The first-order valence-electron chi connectivity index (χ1n) is 10.9. The summed E-state index contributed by atoms with van der Waals surface area (Å²) in [6.45, 7) is 1.64. The zero-order chi connectivity index (χ0) is 22.1. The normalized spacial score (nSPS) is 21.1. The van der Waals surface area contributed by atoms with Gasteiger partial charge in [0, 0.05) is 31.4 Å². The highest BCUT2D eigenvalue weighted by Gasteiger charge is 2.27. The lowest BCUT2D eigenvalue weighted by atomic mass is 9.91. The SMILES string of the molecule is O=C(N[C@@H]1CCC[C@H](Nc2nc(-c3[nH]nc4ncc(Cl)cc34)ncc2F)C1)N1CCCC1. The van der Waals surface area contributed by atoms with Gasteiger partial charge in [0.2, 0.25) is 0 Å². The van der Waals surface area contributed by atoms with Crippen molar-refractivity contribution in [1.82, 2.24) is 35.4 Å². The number of pyridine rings is 1. The second kappa shape index (κ2) is 8.85. The molecule has 32 heavy (non-hydrogen) atoms. The molecule has 2 amide bonds. The quantitative estimate of drug-likeness (QED) is 0.549. The number of urea groups is 1. The number of rotatable bonds is 4. The highest BCUT2D eigenvalue weighted by molar-refractivity contribution is 6.31. The molecule has 3 N–H and O–H groups in total. The maximum atomic E-state index is 14.5. The van der Waals surface area contributed by atoms with Crippen molar-refractivity contribution in [3.05, 3.63) is 29.3 Å². The Hall–Kier alpha value is -3.01. The molecule has 2 fully saturated rings. The van der Waals surface area contributed by atoms with E-state index in [-0.39, 0.29) is 23.9 Å². The predicted octanol–water partition coefficient (Wildman–Crippen LogP) is 3.74. The lowest BCUT2D eigenvalue weighted by Gasteiger charge is -2.32. The molecule has 0 spiro atoms. The van der Waals surface area contributed by atoms with Gasteiger partial charge < -0.3 is 15.5 Å². The number of aromatic amines is 1. The van der Waals surface area contributed by atoms with Gasteiger partial charge in [0.1, 0.15) is 5.69 Å². The number of halogens is 2. The average Bonchev–Trinajstić information content (AvgIpc) is 3.46. The van der Waals surface area contributed by atoms with Crippen LogP contribution in [0.25, 0.3) is 22.6 Å². The Morgan fingerprint density at radius 1 is 1.16 bits per heavy atom. The van der Waals surface area contributed by atoms with E-state index in [4.69, 9.17) is 11.6 Å². The highest BCUT2D eigenvalue weighted by atomic mass is 35.5. The van der Waals surface area contributed by atoms with Crippen molar-refractivity contribution in [3.8, 4) is 11.5 Å². The fourth-order valence-electron chi connectivity index (χ4n) is 4.46. The molecule has 2 aliphatic rings. The third kappa shape index (κ3) is 4.32. The summed E-state index contributed by atoms with van der Waals surface area (Å²) in [4.78, 5) is 27.0. The van der Waals surface area contributed by atoms with E-state index in [0.717, 1.165) is 51.4 Å². The molecule has 3 aromatic heterocycles. The minimum Gasteiger partial charge on any atom is -0.365 e. The Kier molecular flexibility index (Phi) is 5.77. The van der Waals surface area contributed by atoms with E-state index in [2.05, 4.69) is 35.8 Å². The number of anilines is 1. The third-order valence-corrected chi connectivity index (χ3v) is 6.29. The minimum atomic E-state index is -0.531. The number of H-pyrrole nitrogens is 1. The van der Waals surface area contributed by atoms with Gasteiger partial charge in [0.15, 0.2) is 23.1 Å². The van der Waals surface area contributed by atoms with Crippen molar-refractivity contribution in [2.75, 3.05) is 18.4 Å². The first-order chi connectivity index (χ1) is 15.6. The zero-order valence-electron chi connectivity index (χ0n) is 17.4. The molecule has 9 nitrogen and oxygen atoms in total. The van der Waals surface area contributed by atoms with Crippen molar-refractivity contribution < 1.29 is 9.18 Å². The molecule has 168 valence electrons. The van der Waals surface area contributed by atoms with Crippen LogP contribution in [0.3, 0.4) is 0 Å². The van der Waals surface area contributed by atoms with Crippen LogP contribution in [0.2, 0.25) is 5.02 Å². The number of carbonyl (C=O) groups excluding carboxylic acids is 1. The molecular weight excluding hydrogens is 435 g/mol. The van der Waals surface area contributed by atoms with Crippen LogP contribution in [0.5, 0.6) is 0 Å². The molecule has 1 aliphatic carbocycles. The van der Waals surface area contributed by atoms with Crippen LogP contribution in [0.1, 0.15) is 38.5 Å². The van der Waals surface area contributed by atoms with Crippen LogP contribution in [0, 0.1) is 5.82 Å². The van der Waals surface area contributed by atoms with Crippen LogP contribution in [-0.2, 0) is 0 Å². The molecule has 4 heterocycles. The Labute approximate surface area is 189 Å². The number of fused-ring (bicyclic) bond motifs is 1. The van der Waals surface area contributed by atoms with Crippen molar-refractivity contribution in [2.45, 2.75) is 50.6 Å². The van der Waals surface area contributed by atoms with Gasteiger partial charge in [0.25, 0.3) is 0 Å². The summed E-state index contributed by atoms with van der Waals surface area (Å²) in [5, 5.41) is 14.5. The summed E-state index contributed by atoms with van der Waals surface area (Å²) in [7, 11) is 0. The van der Waals surface area contributed by atoms with Gasteiger partial charge in [-0.1, -0.05) is 11.6 Å². The molecule has 1 saturated carbocycles. The highest BCUT2D eigenvalue weighted by Crippen LogP contribution is 2.28. The van der Waals surface area contributed by atoms with Gasteiger partial charge in [-0.25, -0.2) is 24.1 Å². The molecule has 1 saturated heterocycles. The molecule has 1 aliphatic heterocycles. The molecule has 0 aromatic carbocycles. The Morgan fingerprint density at radius 2 is 1.97 bits per heavy atom. The van der Waals surface area contributed by atoms with E-state index < -0.39 is 5.82 Å². The maximum absolute atomic E-state index is 14.5. The Bertz CT molecular complexity index is 1130. The standard InChI is InChI=1S/C21H24ClFN8O/c22-12-8-15-17(29-30-18(15)24-10-12)20-25-11-16(23)19(28-20)26-13-4-3-5-14(9-13)27-21(32)31-6-1-2-7-31/h8,10-11,13-14H,1-7,9H2,(H,27,32)(H,24,29,30)(H,25,26,28)/t13-,14+/m0/s1. The number of hydrogen-bond acceptors (Lipinski definition) is 6. The van der Waals surface area contributed by atoms with Gasteiger partial charge in [-0.2, -0.15) is 5.10 Å². The smallest absolute Gasteiger partial charge is 0.317 e. The van der Waals surface area contributed by atoms with Crippen LogP contribution >= 0.6 is 11.6 Å². The molecule has 0 radical (unpaired) electrons. The van der Waals surface area contributed by atoms with Crippen molar-refractivity contribution >= 4 is 34.5 Å². The van der Waals surface area contributed by atoms with Crippen molar-refractivity contribution in [1.29, 1.82) is 0 Å². The summed E-state index contributed by atoms with van der Waals surface area (Å²) >= 11 is 6.06. The minimum absolute atomic E-state index is 0.000463. The fraction of sp³-hybridized carbons (Fsp3) is 0.476. The Morgan fingerprint density at radius 3 is 2.81 bits per heavy atom. The largest absolute Gasteiger partial charge is 0.365 e. The van der Waals surface area contributed by atoms with E-state index in [1.807, 2.05) is 4.90 Å². The number of aromatic nitrogens is 5. The first-order valence-corrected chi connectivity index (χ1v) is 11.3.